The molecule has 0 radical (unpaired) electrons. The number of hydrogen-bond acceptors (Lipinski definition) is 4. The number of fused-ring (bicyclic) bond motifs is 2. The van der Waals surface area contributed by atoms with Gasteiger partial charge in [0.25, 0.3) is 0 Å². The first-order chi connectivity index (χ1) is 14.1. The number of carbonyl (C=O) groups is 1. The van der Waals surface area contributed by atoms with E-state index in [0.29, 0.717) is 37.2 Å². The van der Waals surface area contributed by atoms with E-state index >= 15 is 0 Å². The maximum atomic E-state index is 13.9. The number of alkyl halides is 3. The standard InChI is InChI=1S/C22H28F3N3O2/c1-12-6-14-4-5-15-7-16(13(2)21(3)10-26-11-21)17(22(23,24)25)8-19(15)30-9-18(14)27-28-20(12)29/h7-8,12-14,26H,4-6,9-11H2,1-3H3,(H,28,29). The van der Waals surface area contributed by atoms with Crippen LogP contribution in [0.4, 0.5) is 13.2 Å². The van der Waals surface area contributed by atoms with Crippen LogP contribution in [0.25, 0.3) is 0 Å². The molecule has 164 valence electrons. The third-order valence-electron chi connectivity index (χ3n) is 7.11. The van der Waals surface area contributed by atoms with Crippen molar-refractivity contribution >= 4 is 11.6 Å². The molecule has 1 amide bonds. The van der Waals surface area contributed by atoms with Gasteiger partial charge in [-0.2, -0.15) is 18.3 Å². The molecular weight excluding hydrogens is 395 g/mol. The number of carbonyl (C=O) groups excluding carboxylic acids is 1. The van der Waals surface area contributed by atoms with E-state index < -0.39 is 11.7 Å². The molecule has 0 bridgehead atoms. The van der Waals surface area contributed by atoms with E-state index in [-0.39, 0.29) is 41.4 Å². The first-order valence-electron chi connectivity index (χ1n) is 10.5. The van der Waals surface area contributed by atoms with Crippen LogP contribution in [0.2, 0.25) is 0 Å². The van der Waals surface area contributed by atoms with Crippen LogP contribution >= 0.6 is 0 Å². The van der Waals surface area contributed by atoms with Crippen LogP contribution in [-0.4, -0.2) is 31.3 Å². The van der Waals surface area contributed by atoms with Crippen molar-refractivity contribution in [2.75, 3.05) is 19.7 Å². The number of ether oxygens (including phenoxy) is 1. The van der Waals surface area contributed by atoms with Crippen molar-refractivity contribution in [2.24, 2.45) is 22.4 Å². The summed E-state index contributed by atoms with van der Waals surface area (Å²) >= 11 is 0. The molecule has 30 heavy (non-hydrogen) atoms. The van der Waals surface area contributed by atoms with E-state index in [4.69, 9.17) is 4.74 Å². The fraction of sp³-hybridized carbons (Fsp3) is 0.636. The van der Waals surface area contributed by atoms with Crippen molar-refractivity contribution < 1.29 is 22.7 Å². The van der Waals surface area contributed by atoms with E-state index in [0.717, 1.165) is 18.1 Å². The maximum Gasteiger partial charge on any atom is 0.416 e. The number of halogens is 3. The molecule has 2 N–H and O–H groups in total. The number of nitrogens with one attached hydrogen (secondary N) is 2. The summed E-state index contributed by atoms with van der Waals surface area (Å²) in [6.07, 6.45) is -2.47. The van der Waals surface area contributed by atoms with Gasteiger partial charge in [-0.1, -0.05) is 26.8 Å². The molecule has 1 saturated heterocycles. The molecule has 4 rings (SSSR count). The van der Waals surface area contributed by atoms with Crippen LogP contribution in [-0.2, 0) is 17.4 Å². The Kier molecular flexibility index (Phi) is 5.33. The highest BCUT2D eigenvalue weighted by Gasteiger charge is 2.43. The predicted molar refractivity (Wildman–Crippen MR) is 108 cm³/mol. The van der Waals surface area contributed by atoms with Gasteiger partial charge in [-0.05, 0) is 47.8 Å². The lowest BCUT2D eigenvalue weighted by atomic mass is 9.69. The molecule has 0 aromatic heterocycles. The van der Waals surface area contributed by atoms with Gasteiger partial charge < -0.3 is 10.1 Å². The summed E-state index contributed by atoms with van der Waals surface area (Å²) in [6.45, 7) is 7.28. The molecule has 3 aliphatic rings. The number of nitrogens with zero attached hydrogens (tertiary/aromatic N) is 1. The second-order valence-electron chi connectivity index (χ2n) is 9.26. The monoisotopic (exact) mass is 423 g/mol. The van der Waals surface area contributed by atoms with Crippen LogP contribution < -0.4 is 15.5 Å². The molecule has 3 atom stereocenters. The lowest BCUT2D eigenvalue weighted by Gasteiger charge is -2.45. The molecule has 3 unspecified atom stereocenters. The molecule has 1 fully saturated rings. The maximum absolute atomic E-state index is 13.9. The highest BCUT2D eigenvalue weighted by atomic mass is 19.4. The van der Waals surface area contributed by atoms with Gasteiger partial charge in [0.15, 0.2) is 0 Å². The molecule has 3 heterocycles. The molecule has 0 spiro atoms. The van der Waals surface area contributed by atoms with Gasteiger partial charge in [0, 0.05) is 24.9 Å². The lowest BCUT2D eigenvalue weighted by Crippen LogP contribution is -2.54. The van der Waals surface area contributed by atoms with Gasteiger partial charge in [0.1, 0.15) is 12.4 Å². The Bertz CT molecular complexity index is 877. The van der Waals surface area contributed by atoms with Crippen LogP contribution in [0.1, 0.15) is 56.2 Å². The zero-order valence-electron chi connectivity index (χ0n) is 17.5. The number of aryl methyl sites for hydroxylation is 1. The lowest BCUT2D eigenvalue weighted by molar-refractivity contribution is -0.138. The molecule has 0 saturated carbocycles. The summed E-state index contributed by atoms with van der Waals surface area (Å²) in [4.78, 5) is 12.0. The molecule has 5 nitrogen and oxygen atoms in total. The second-order valence-corrected chi connectivity index (χ2v) is 9.26. The topological polar surface area (TPSA) is 62.7 Å². The van der Waals surface area contributed by atoms with Crippen molar-refractivity contribution in [2.45, 2.75) is 52.1 Å². The van der Waals surface area contributed by atoms with Gasteiger partial charge in [-0.3, -0.25) is 4.79 Å². The summed E-state index contributed by atoms with van der Waals surface area (Å²) in [7, 11) is 0. The Labute approximate surface area is 174 Å². The normalized spacial score (nSPS) is 27.0. The minimum Gasteiger partial charge on any atom is -0.487 e. The fourth-order valence-corrected chi connectivity index (χ4v) is 4.69. The van der Waals surface area contributed by atoms with Crippen LogP contribution in [0.15, 0.2) is 17.2 Å². The van der Waals surface area contributed by atoms with Crippen molar-refractivity contribution in [1.29, 1.82) is 0 Å². The van der Waals surface area contributed by atoms with E-state index in [9.17, 15) is 18.0 Å². The van der Waals surface area contributed by atoms with Gasteiger partial charge in [0.2, 0.25) is 5.91 Å². The van der Waals surface area contributed by atoms with Gasteiger partial charge in [-0.15, -0.1) is 0 Å². The molecule has 1 aromatic rings. The molecule has 0 aliphatic carbocycles. The Morgan fingerprint density at radius 3 is 2.67 bits per heavy atom. The third kappa shape index (κ3) is 3.82. The third-order valence-corrected chi connectivity index (χ3v) is 7.11. The molecule has 8 heteroatoms. The Morgan fingerprint density at radius 2 is 2.03 bits per heavy atom. The summed E-state index contributed by atoms with van der Waals surface area (Å²) in [6, 6.07) is 2.87. The minimum atomic E-state index is -4.45. The Morgan fingerprint density at radius 1 is 1.30 bits per heavy atom. The Balaban J connectivity index is 1.70. The van der Waals surface area contributed by atoms with E-state index in [1.54, 1.807) is 6.07 Å². The van der Waals surface area contributed by atoms with E-state index in [2.05, 4.69) is 15.8 Å². The van der Waals surface area contributed by atoms with Crippen molar-refractivity contribution in [3.63, 3.8) is 0 Å². The first-order valence-corrected chi connectivity index (χ1v) is 10.5. The van der Waals surface area contributed by atoms with Crippen LogP contribution in [0.3, 0.4) is 0 Å². The van der Waals surface area contributed by atoms with E-state index in [1.807, 2.05) is 20.8 Å². The quantitative estimate of drug-likeness (QED) is 0.759. The number of hydrogen-bond donors (Lipinski definition) is 2. The van der Waals surface area contributed by atoms with Gasteiger partial charge in [-0.25, -0.2) is 5.43 Å². The molecular formula is C22H28F3N3O2. The molecule has 3 aliphatic heterocycles. The zero-order valence-corrected chi connectivity index (χ0v) is 17.5. The fourth-order valence-electron chi connectivity index (χ4n) is 4.69. The Hall–Kier alpha value is -2.09. The predicted octanol–water partition coefficient (Wildman–Crippen LogP) is 3.87. The summed E-state index contributed by atoms with van der Waals surface area (Å²) in [5.74, 6) is -0.194. The number of benzene rings is 1. The number of hydrazone groups is 1. The zero-order chi connectivity index (χ0) is 21.7. The van der Waals surface area contributed by atoms with Crippen LogP contribution in [0.5, 0.6) is 5.75 Å². The van der Waals surface area contributed by atoms with Crippen molar-refractivity contribution in [3.05, 3.63) is 28.8 Å². The highest BCUT2D eigenvalue weighted by molar-refractivity contribution is 5.92. The number of rotatable bonds is 2. The summed E-state index contributed by atoms with van der Waals surface area (Å²) in [5, 5.41) is 7.37. The highest BCUT2D eigenvalue weighted by Crippen LogP contribution is 2.46. The summed E-state index contributed by atoms with van der Waals surface area (Å²) < 4.78 is 47.6. The van der Waals surface area contributed by atoms with Gasteiger partial charge >= 0.3 is 6.18 Å². The largest absolute Gasteiger partial charge is 0.487 e. The SMILES string of the molecule is CC1CC2CCc3cc(C(C)C4(C)CNC4)c(C(F)(F)F)cc3OCC2=NNC1=O. The van der Waals surface area contributed by atoms with Crippen LogP contribution in [0, 0.1) is 17.3 Å². The summed E-state index contributed by atoms with van der Waals surface area (Å²) in [5.41, 5.74) is 3.56. The van der Waals surface area contributed by atoms with E-state index in [1.165, 1.54) is 0 Å². The van der Waals surface area contributed by atoms with Crippen molar-refractivity contribution in [1.82, 2.24) is 10.7 Å². The first kappa shape index (κ1) is 21.2. The minimum absolute atomic E-state index is 0.0728. The smallest absolute Gasteiger partial charge is 0.416 e. The number of amides is 1. The molecule has 1 aromatic carbocycles. The van der Waals surface area contributed by atoms with Crippen molar-refractivity contribution in [3.8, 4) is 5.75 Å². The van der Waals surface area contributed by atoms with Gasteiger partial charge in [0.05, 0.1) is 11.3 Å². The average molecular weight is 423 g/mol. The second kappa shape index (κ2) is 7.55. The average Bonchev–Trinajstić information content (AvgIpc) is 2.78.